The maximum absolute atomic E-state index is 11.2. The second kappa shape index (κ2) is 8.05. The minimum Gasteiger partial charge on any atom is -0.315 e. The van der Waals surface area contributed by atoms with E-state index in [2.05, 4.69) is 10.2 Å². The highest BCUT2D eigenvalue weighted by Gasteiger charge is 2.21. The molecule has 1 fully saturated rings. The van der Waals surface area contributed by atoms with Gasteiger partial charge in [-0.1, -0.05) is 35.3 Å². The van der Waals surface area contributed by atoms with Crippen molar-refractivity contribution in [1.82, 2.24) is 19.6 Å². The fourth-order valence-electron chi connectivity index (χ4n) is 3.54. The van der Waals surface area contributed by atoms with Crippen LogP contribution in [0.2, 0.25) is 10.0 Å². The van der Waals surface area contributed by atoms with E-state index in [0.717, 1.165) is 38.3 Å². The lowest BCUT2D eigenvalue weighted by molar-refractivity contribution is -0.384. The molecule has 1 aliphatic heterocycles. The third kappa shape index (κ3) is 3.84. The Bertz CT molecular complexity index is 1030. The molecule has 1 N–H and O–H groups in total. The van der Waals surface area contributed by atoms with Gasteiger partial charge < -0.3 is 5.32 Å². The van der Waals surface area contributed by atoms with E-state index in [1.54, 1.807) is 24.4 Å². The zero-order valence-electron chi connectivity index (χ0n) is 15.1. The lowest BCUT2D eigenvalue weighted by Crippen LogP contribution is -2.28. The number of nitrogens with zero attached hydrogens (tertiary/aromatic N) is 4. The molecule has 0 atom stereocenters. The smallest absolute Gasteiger partial charge is 0.270 e. The molecule has 146 valence electrons. The number of imidazole rings is 1. The molecule has 9 heteroatoms. The number of non-ortho nitro benzene ring substituents is 1. The van der Waals surface area contributed by atoms with Gasteiger partial charge in [0.25, 0.3) is 5.69 Å². The number of benzene rings is 1. The van der Waals surface area contributed by atoms with Crippen LogP contribution in [0.15, 0.2) is 36.5 Å². The number of fused-ring (bicyclic) bond motifs is 1. The van der Waals surface area contributed by atoms with Crippen LogP contribution in [0.4, 0.5) is 5.69 Å². The normalized spacial score (nSPS) is 15.6. The summed E-state index contributed by atoms with van der Waals surface area (Å²) >= 11 is 12.6. The van der Waals surface area contributed by atoms with Gasteiger partial charge in [-0.05, 0) is 25.6 Å². The molecule has 3 heterocycles. The summed E-state index contributed by atoms with van der Waals surface area (Å²) < 4.78 is 1.90. The first-order valence-electron chi connectivity index (χ1n) is 9.07. The SMILES string of the molecule is O=[N+]([O-])c1cccc(-c2nc3c(Cl)cc(Cl)cn3c2CN2CCCNCC2)c1. The molecule has 0 aliphatic carbocycles. The van der Waals surface area contributed by atoms with Crippen molar-refractivity contribution in [3.05, 3.63) is 62.4 Å². The first kappa shape index (κ1) is 19.1. The highest BCUT2D eigenvalue weighted by molar-refractivity contribution is 6.36. The monoisotopic (exact) mass is 419 g/mol. The van der Waals surface area contributed by atoms with Crippen LogP contribution in [0.3, 0.4) is 0 Å². The predicted octanol–water partition coefficient (Wildman–Crippen LogP) is 4.01. The van der Waals surface area contributed by atoms with Crippen LogP contribution < -0.4 is 5.32 Å². The standard InChI is InChI=1S/C19H19Cl2N5O2/c20-14-10-16(21)19-23-18(13-3-1-4-15(9-13)26(27)28)17(25(19)11-14)12-24-7-2-5-22-6-8-24/h1,3-4,9-11,22H,2,5-8,12H2. The molecule has 28 heavy (non-hydrogen) atoms. The van der Waals surface area contributed by atoms with Crippen molar-refractivity contribution in [2.24, 2.45) is 0 Å². The van der Waals surface area contributed by atoms with Crippen molar-refractivity contribution >= 4 is 34.5 Å². The summed E-state index contributed by atoms with van der Waals surface area (Å²) in [6, 6.07) is 8.18. The lowest BCUT2D eigenvalue weighted by Gasteiger charge is -2.20. The Labute approximate surface area is 172 Å². The molecule has 1 aliphatic rings. The molecule has 0 saturated carbocycles. The predicted molar refractivity (Wildman–Crippen MR) is 110 cm³/mol. The second-order valence-electron chi connectivity index (χ2n) is 6.79. The average Bonchev–Trinajstić information content (AvgIpc) is 2.85. The molecular formula is C19H19Cl2N5O2. The van der Waals surface area contributed by atoms with Gasteiger partial charge in [-0.2, -0.15) is 0 Å². The van der Waals surface area contributed by atoms with Crippen molar-refractivity contribution in [1.29, 1.82) is 0 Å². The van der Waals surface area contributed by atoms with Gasteiger partial charge >= 0.3 is 0 Å². The van der Waals surface area contributed by atoms with Crippen molar-refractivity contribution in [3.8, 4) is 11.3 Å². The molecule has 4 rings (SSSR count). The number of hydrogen-bond donors (Lipinski definition) is 1. The molecule has 0 bridgehead atoms. The zero-order valence-corrected chi connectivity index (χ0v) is 16.6. The molecule has 1 saturated heterocycles. The number of nitrogens with one attached hydrogen (secondary N) is 1. The van der Waals surface area contributed by atoms with Gasteiger partial charge in [0.2, 0.25) is 0 Å². The number of nitro benzene ring substituents is 1. The number of halogens is 2. The minimum absolute atomic E-state index is 0.0311. The van der Waals surface area contributed by atoms with Crippen LogP contribution in [0.1, 0.15) is 12.1 Å². The summed E-state index contributed by atoms with van der Waals surface area (Å²) in [5.74, 6) is 0. The van der Waals surface area contributed by atoms with E-state index in [1.807, 2.05) is 10.5 Å². The molecule has 0 spiro atoms. The maximum Gasteiger partial charge on any atom is 0.270 e. The van der Waals surface area contributed by atoms with E-state index in [0.29, 0.717) is 33.5 Å². The van der Waals surface area contributed by atoms with Crippen LogP contribution in [0.25, 0.3) is 16.9 Å². The van der Waals surface area contributed by atoms with E-state index >= 15 is 0 Å². The third-order valence-corrected chi connectivity index (χ3v) is 5.36. The Morgan fingerprint density at radius 3 is 2.89 bits per heavy atom. The highest BCUT2D eigenvalue weighted by Crippen LogP contribution is 2.32. The summed E-state index contributed by atoms with van der Waals surface area (Å²) in [5.41, 5.74) is 2.92. The zero-order chi connectivity index (χ0) is 19.7. The number of rotatable bonds is 4. The van der Waals surface area contributed by atoms with Crippen LogP contribution in [-0.2, 0) is 6.54 Å². The van der Waals surface area contributed by atoms with E-state index in [1.165, 1.54) is 6.07 Å². The number of pyridine rings is 1. The van der Waals surface area contributed by atoms with Crippen molar-refractivity contribution in [2.75, 3.05) is 26.2 Å². The fourth-order valence-corrected chi connectivity index (χ4v) is 4.05. The summed E-state index contributed by atoms with van der Waals surface area (Å²) in [6.07, 6.45) is 2.85. The molecule has 3 aromatic rings. The van der Waals surface area contributed by atoms with Gasteiger partial charge in [-0.25, -0.2) is 4.98 Å². The first-order chi connectivity index (χ1) is 13.5. The largest absolute Gasteiger partial charge is 0.315 e. The third-order valence-electron chi connectivity index (χ3n) is 4.88. The van der Waals surface area contributed by atoms with Crippen LogP contribution in [-0.4, -0.2) is 45.4 Å². The van der Waals surface area contributed by atoms with Gasteiger partial charge in [0.1, 0.15) is 0 Å². The molecule has 7 nitrogen and oxygen atoms in total. The van der Waals surface area contributed by atoms with Crippen molar-refractivity contribution in [3.63, 3.8) is 0 Å². The van der Waals surface area contributed by atoms with Gasteiger partial charge in [0.05, 0.1) is 26.4 Å². The number of hydrogen-bond acceptors (Lipinski definition) is 5. The van der Waals surface area contributed by atoms with Gasteiger partial charge in [0.15, 0.2) is 5.65 Å². The van der Waals surface area contributed by atoms with Gasteiger partial charge in [-0.15, -0.1) is 0 Å². The molecule has 1 aromatic carbocycles. The molecular weight excluding hydrogens is 401 g/mol. The lowest BCUT2D eigenvalue weighted by atomic mass is 10.1. The summed E-state index contributed by atoms with van der Waals surface area (Å²) in [6.45, 7) is 4.44. The average molecular weight is 420 g/mol. The van der Waals surface area contributed by atoms with E-state index in [4.69, 9.17) is 28.2 Å². The number of aromatic nitrogens is 2. The Morgan fingerprint density at radius 2 is 2.07 bits per heavy atom. The Morgan fingerprint density at radius 1 is 1.21 bits per heavy atom. The van der Waals surface area contributed by atoms with E-state index < -0.39 is 4.92 Å². The molecule has 0 unspecified atom stereocenters. The number of nitro groups is 1. The quantitative estimate of drug-likeness (QED) is 0.510. The topological polar surface area (TPSA) is 75.7 Å². The van der Waals surface area contributed by atoms with E-state index in [-0.39, 0.29) is 5.69 Å². The van der Waals surface area contributed by atoms with Gasteiger partial charge in [-0.3, -0.25) is 19.4 Å². The molecule has 2 aromatic heterocycles. The Hall–Kier alpha value is -2.19. The summed E-state index contributed by atoms with van der Waals surface area (Å²) in [4.78, 5) is 17.9. The second-order valence-corrected chi connectivity index (χ2v) is 7.64. The summed E-state index contributed by atoms with van der Waals surface area (Å²) in [5, 5.41) is 15.6. The Balaban J connectivity index is 1.86. The van der Waals surface area contributed by atoms with Crippen molar-refractivity contribution in [2.45, 2.75) is 13.0 Å². The van der Waals surface area contributed by atoms with E-state index in [9.17, 15) is 10.1 Å². The molecule has 0 amide bonds. The van der Waals surface area contributed by atoms with Crippen LogP contribution in [0.5, 0.6) is 0 Å². The van der Waals surface area contributed by atoms with Gasteiger partial charge in [0, 0.05) is 43.5 Å². The maximum atomic E-state index is 11.2. The Kier molecular flexibility index (Phi) is 5.50. The van der Waals surface area contributed by atoms with Crippen LogP contribution in [0, 0.1) is 10.1 Å². The first-order valence-corrected chi connectivity index (χ1v) is 9.82. The van der Waals surface area contributed by atoms with Crippen LogP contribution >= 0.6 is 23.2 Å². The highest BCUT2D eigenvalue weighted by atomic mass is 35.5. The fraction of sp³-hybridized carbons (Fsp3) is 0.316. The van der Waals surface area contributed by atoms with Crippen molar-refractivity contribution < 1.29 is 4.92 Å². The summed E-state index contributed by atoms with van der Waals surface area (Å²) in [7, 11) is 0. The minimum atomic E-state index is -0.400. The molecule has 0 radical (unpaired) electrons.